The van der Waals surface area contributed by atoms with Crippen molar-refractivity contribution < 1.29 is 5.11 Å². The molecular weight excluding hydrogens is 264 g/mol. The molecule has 0 saturated heterocycles. The Hall–Kier alpha value is -1.62. The van der Waals surface area contributed by atoms with Crippen molar-refractivity contribution in [2.24, 2.45) is 5.92 Å². The highest BCUT2D eigenvalue weighted by Crippen LogP contribution is 2.24. The van der Waals surface area contributed by atoms with Crippen molar-refractivity contribution in [3.05, 3.63) is 24.2 Å². The van der Waals surface area contributed by atoms with Gasteiger partial charge in [-0.1, -0.05) is 34.1 Å². The molecule has 0 fully saturated rings. The van der Waals surface area contributed by atoms with Crippen LogP contribution in [0.3, 0.4) is 0 Å². The molecule has 0 aliphatic rings. The average molecular weight is 290 g/mol. The van der Waals surface area contributed by atoms with E-state index in [2.05, 4.69) is 49.2 Å². The van der Waals surface area contributed by atoms with Crippen LogP contribution in [0.5, 0.6) is 0 Å². The Balaban J connectivity index is 2.22. The molecule has 21 heavy (non-hydrogen) atoms. The van der Waals surface area contributed by atoms with Gasteiger partial charge in [0, 0.05) is 31.0 Å². The van der Waals surface area contributed by atoms with Crippen LogP contribution < -0.4 is 5.32 Å². The van der Waals surface area contributed by atoms with E-state index in [0.717, 1.165) is 36.4 Å². The van der Waals surface area contributed by atoms with Gasteiger partial charge in [-0.3, -0.25) is 0 Å². The maximum Gasteiger partial charge on any atom is 0.152 e. The summed E-state index contributed by atoms with van der Waals surface area (Å²) in [5, 5.41) is 17.1. The van der Waals surface area contributed by atoms with Gasteiger partial charge in [-0.15, -0.1) is 0 Å². The van der Waals surface area contributed by atoms with Gasteiger partial charge in [0.15, 0.2) is 5.82 Å². The molecule has 2 N–H and O–H groups in total. The van der Waals surface area contributed by atoms with Crippen LogP contribution in [0.2, 0.25) is 0 Å². The Morgan fingerprint density at radius 3 is 2.76 bits per heavy atom. The molecule has 2 heterocycles. The molecule has 1 unspecified atom stereocenters. The zero-order chi connectivity index (χ0) is 15.5. The van der Waals surface area contributed by atoms with Gasteiger partial charge in [0.1, 0.15) is 5.52 Å². The smallest absolute Gasteiger partial charge is 0.152 e. The number of hydrogen-bond acceptors (Lipinski definition) is 4. The van der Waals surface area contributed by atoms with Crippen molar-refractivity contribution in [1.82, 2.24) is 14.6 Å². The lowest BCUT2D eigenvalue weighted by Crippen LogP contribution is -2.16. The van der Waals surface area contributed by atoms with Gasteiger partial charge < -0.3 is 10.4 Å². The fourth-order valence-corrected chi connectivity index (χ4v) is 2.30. The number of nitrogens with zero attached hydrogens (tertiary/aromatic N) is 3. The molecule has 2 rings (SSSR count). The van der Waals surface area contributed by atoms with Crippen LogP contribution in [0.25, 0.3) is 5.52 Å². The first-order chi connectivity index (χ1) is 9.95. The van der Waals surface area contributed by atoms with Crippen LogP contribution in [0.15, 0.2) is 18.5 Å². The van der Waals surface area contributed by atoms with Crippen molar-refractivity contribution >= 4 is 11.3 Å². The predicted octanol–water partition coefficient (Wildman–Crippen LogP) is 2.85. The number of rotatable bonds is 6. The summed E-state index contributed by atoms with van der Waals surface area (Å²) in [6.45, 7) is 9.67. The second-order valence-electron chi connectivity index (χ2n) is 6.55. The summed E-state index contributed by atoms with van der Waals surface area (Å²) in [6.07, 6.45) is 5.50. The molecule has 0 spiro atoms. The van der Waals surface area contributed by atoms with Crippen molar-refractivity contribution in [3.8, 4) is 0 Å². The van der Waals surface area contributed by atoms with Crippen LogP contribution >= 0.6 is 0 Å². The maximum absolute atomic E-state index is 9.07. The molecule has 2 aromatic heterocycles. The third-order valence-corrected chi connectivity index (χ3v) is 3.83. The number of nitrogens with one attached hydrogen (secondary N) is 1. The van der Waals surface area contributed by atoms with E-state index in [4.69, 9.17) is 5.11 Å². The molecular formula is C16H26N4O. The SMILES string of the molecule is CCC(CCO)CNc1nccn2nc(C(C)(C)C)cc12. The first kappa shape index (κ1) is 15.8. The quantitative estimate of drug-likeness (QED) is 0.858. The largest absolute Gasteiger partial charge is 0.396 e. The topological polar surface area (TPSA) is 62.5 Å². The highest BCUT2D eigenvalue weighted by Gasteiger charge is 2.19. The van der Waals surface area contributed by atoms with E-state index in [9.17, 15) is 0 Å². The summed E-state index contributed by atoms with van der Waals surface area (Å²) < 4.78 is 1.88. The van der Waals surface area contributed by atoms with Gasteiger partial charge >= 0.3 is 0 Å². The van der Waals surface area contributed by atoms with Gasteiger partial charge in [0.2, 0.25) is 0 Å². The molecule has 5 nitrogen and oxygen atoms in total. The van der Waals surface area contributed by atoms with E-state index in [0.29, 0.717) is 5.92 Å². The molecule has 0 radical (unpaired) electrons. The number of hydrogen-bond donors (Lipinski definition) is 2. The molecule has 2 aromatic rings. The monoisotopic (exact) mass is 290 g/mol. The molecule has 0 saturated carbocycles. The third kappa shape index (κ3) is 3.73. The lowest BCUT2D eigenvalue weighted by Gasteiger charge is -2.15. The molecule has 0 amide bonds. The Morgan fingerprint density at radius 1 is 1.38 bits per heavy atom. The number of aromatic nitrogens is 3. The number of aliphatic hydroxyl groups is 1. The lowest BCUT2D eigenvalue weighted by molar-refractivity contribution is 0.258. The molecule has 0 aliphatic carbocycles. The van der Waals surface area contributed by atoms with E-state index in [1.165, 1.54) is 0 Å². The minimum absolute atomic E-state index is 0.0200. The van der Waals surface area contributed by atoms with Crippen LogP contribution in [0.1, 0.15) is 46.2 Å². The summed E-state index contributed by atoms with van der Waals surface area (Å²) in [7, 11) is 0. The molecule has 5 heteroatoms. The number of aliphatic hydroxyl groups excluding tert-OH is 1. The zero-order valence-corrected chi connectivity index (χ0v) is 13.4. The van der Waals surface area contributed by atoms with Crippen molar-refractivity contribution in [3.63, 3.8) is 0 Å². The maximum atomic E-state index is 9.07. The minimum atomic E-state index is 0.0200. The Labute approximate surface area is 126 Å². The molecule has 116 valence electrons. The normalized spacial score (nSPS) is 13.6. The number of anilines is 1. The second-order valence-corrected chi connectivity index (χ2v) is 6.55. The van der Waals surface area contributed by atoms with Crippen LogP contribution in [-0.2, 0) is 5.41 Å². The minimum Gasteiger partial charge on any atom is -0.396 e. The lowest BCUT2D eigenvalue weighted by atomic mass is 9.92. The zero-order valence-electron chi connectivity index (χ0n) is 13.4. The van der Waals surface area contributed by atoms with Crippen LogP contribution in [0.4, 0.5) is 5.82 Å². The van der Waals surface area contributed by atoms with Crippen LogP contribution in [0, 0.1) is 5.92 Å². The summed E-state index contributed by atoms with van der Waals surface area (Å²) in [5.41, 5.74) is 2.08. The van der Waals surface area contributed by atoms with Gasteiger partial charge in [-0.25, -0.2) is 9.50 Å². The van der Waals surface area contributed by atoms with E-state index < -0.39 is 0 Å². The highest BCUT2D eigenvalue weighted by molar-refractivity contribution is 5.68. The van der Waals surface area contributed by atoms with E-state index in [-0.39, 0.29) is 12.0 Å². The first-order valence-corrected chi connectivity index (χ1v) is 7.65. The summed E-state index contributed by atoms with van der Waals surface area (Å²) >= 11 is 0. The number of fused-ring (bicyclic) bond motifs is 1. The van der Waals surface area contributed by atoms with Crippen LogP contribution in [-0.4, -0.2) is 32.9 Å². The fourth-order valence-electron chi connectivity index (χ4n) is 2.30. The summed E-state index contributed by atoms with van der Waals surface area (Å²) in [4.78, 5) is 4.43. The van der Waals surface area contributed by atoms with Gasteiger partial charge in [-0.05, 0) is 18.4 Å². The fraction of sp³-hybridized carbons (Fsp3) is 0.625. The summed E-state index contributed by atoms with van der Waals surface area (Å²) in [6, 6.07) is 2.10. The van der Waals surface area contributed by atoms with Gasteiger partial charge in [0.05, 0.1) is 5.69 Å². The molecule has 1 atom stereocenters. The Bertz CT molecular complexity index is 585. The first-order valence-electron chi connectivity index (χ1n) is 7.65. The standard InChI is InChI=1S/C16H26N4O/c1-5-12(6-9-21)11-18-15-13-10-14(16(2,3)4)19-20(13)8-7-17-15/h7-8,10,12,21H,5-6,9,11H2,1-4H3,(H,17,18). The van der Waals surface area contributed by atoms with E-state index >= 15 is 0 Å². The van der Waals surface area contributed by atoms with Crippen molar-refractivity contribution in [1.29, 1.82) is 0 Å². The van der Waals surface area contributed by atoms with Gasteiger partial charge in [0.25, 0.3) is 0 Å². The predicted molar refractivity (Wildman–Crippen MR) is 85.7 cm³/mol. The van der Waals surface area contributed by atoms with Crippen molar-refractivity contribution in [2.75, 3.05) is 18.5 Å². The second kappa shape index (κ2) is 6.43. The third-order valence-electron chi connectivity index (χ3n) is 3.83. The average Bonchev–Trinajstić information content (AvgIpc) is 2.88. The van der Waals surface area contributed by atoms with Crippen molar-refractivity contribution in [2.45, 2.75) is 46.0 Å². The van der Waals surface area contributed by atoms with E-state index in [1.54, 1.807) is 6.20 Å². The molecule has 0 bridgehead atoms. The summed E-state index contributed by atoms with van der Waals surface area (Å²) in [5.74, 6) is 1.32. The Morgan fingerprint density at radius 2 is 2.14 bits per heavy atom. The van der Waals surface area contributed by atoms with E-state index in [1.807, 2.05) is 10.7 Å². The highest BCUT2D eigenvalue weighted by atomic mass is 16.3. The Kier molecular flexibility index (Phi) is 4.83. The van der Waals surface area contributed by atoms with Gasteiger partial charge in [-0.2, -0.15) is 5.10 Å². The molecule has 0 aromatic carbocycles. The molecule has 0 aliphatic heterocycles.